The van der Waals surface area contributed by atoms with Crippen molar-refractivity contribution in [3.05, 3.63) is 83.6 Å². The smallest absolute Gasteiger partial charge is 0.200 e. The van der Waals surface area contributed by atoms with Crippen LogP contribution in [0, 0.1) is 20.8 Å². The van der Waals surface area contributed by atoms with Crippen LogP contribution < -0.4 is 9.75 Å². The first-order valence-electron chi connectivity index (χ1n) is 12.0. The summed E-state index contributed by atoms with van der Waals surface area (Å²) in [7, 11) is 0.580. The van der Waals surface area contributed by atoms with Crippen molar-refractivity contribution in [2.24, 2.45) is 7.05 Å². The molecule has 0 N–H and O–H groups in total. The summed E-state index contributed by atoms with van der Waals surface area (Å²) < 4.78 is 2.27. The van der Waals surface area contributed by atoms with E-state index in [1.54, 1.807) is 0 Å². The molecule has 0 bridgehead atoms. The average molecular weight is 453 g/mol. The van der Waals surface area contributed by atoms with Gasteiger partial charge in [-0.25, -0.2) is 4.57 Å². The second-order valence-corrected chi connectivity index (χ2v) is 16.6. The molecule has 2 heteroatoms. The first kappa shape index (κ1) is 23.4. The fraction of sp³-hybridized carbons (Fsp3) is 0.323. The number of fused-ring (bicyclic) bond motifs is 1. The minimum atomic E-state index is -1.58. The lowest BCUT2D eigenvalue weighted by Gasteiger charge is -2.37. The van der Waals surface area contributed by atoms with Crippen LogP contribution in [0.15, 0.2) is 66.9 Å². The van der Waals surface area contributed by atoms with Crippen LogP contribution in [-0.4, -0.2) is 8.07 Å². The Morgan fingerprint density at radius 2 is 1.42 bits per heavy atom. The van der Waals surface area contributed by atoms with Crippen molar-refractivity contribution in [1.82, 2.24) is 0 Å². The molecule has 33 heavy (non-hydrogen) atoms. The highest BCUT2D eigenvalue weighted by atomic mass is 28.3. The van der Waals surface area contributed by atoms with Gasteiger partial charge < -0.3 is 0 Å². The number of rotatable bonds is 3. The van der Waals surface area contributed by atoms with Gasteiger partial charge in [-0.3, -0.25) is 0 Å². The molecule has 4 rings (SSSR count). The molecular formula is C31H38NSi+. The van der Waals surface area contributed by atoms with Gasteiger partial charge in [0.05, 0.1) is 13.5 Å². The molecule has 0 saturated carbocycles. The molecule has 1 aromatic heterocycles. The topological polar surface area (TPSA) is 3.88 Å². The highest BCUT2D eigenvalue weighted by molar-refractivity contribution is 6.92. The molecular weight excluding hydrogens is 414 g/mol. The molecule has 0 atom stereocenters. The Balaban J connectivity index is 1.87. The van der Waals surface area contributed by atoms with E-state index in [0.29, 0.717) is 5.04 Å². The molecule has 0 unspecified atom stereocenters. The standard InChI is InChI=1S/C31H38NSi/c1-21-11-10-12-22(2)29(21)25-13-15-27(23(3)19-25)30-28-16-14-26(33(8,9)31(4,5)6)20-24(28)17-18-32(30)7/h10-20H,1-9H3/q+1. The Bertz CT molecular complexity index is 1340. The first-order valence-corrected chi connectivity index (χ1v) is 15.0. The molecule has 0 amide bonds. The zero-order valence-electron chi connectivity index (χ0n) is 21.8. The monoisotopic (exact) mass is 452 g/mol. The normalized spacial score (nSPS) is 12.4. The van der Waals surface area contributed by atoms with E-state index in [2.05, 4.69) is 133 Å². The lowest BCUT2D eigenvalue weighted by molar-refractivity contribution is -0.659. The maximum atomic E-state index is 2.49. The van der Waals surface area contributed by atoms with E-state index in [0.717, 1.165) is 0 Å². The third kappa shape index (κ3) is 4.06. The summed E-state index contributed by atoms with van der Waals surface area (Å²) in [6, 6.07) is 23.0. The van der Waals surface area contributed by atoms with Crippen LogP contribution in [0.1, 0.15) is 37.5 Å². The van der Waals surface area contributed by atoms with Gasteiger partial charge in [0.1, 0.15) is 7.05 Å². The molecule has 0 aliphatic carbocycles. The van der Waals surface area contributed by atoms with Gasteiger partial charge in [-0.05, 0) is 71.1 Å². The Labute approximate surface area is 201 Å². The number of nitrogens with zero attached hydrogens (tertiary/aromatic N) is 1. The molecule has 0 saturated heterocycles. The molecule has 0 aliphatic rings. The van der Waals surface area contributed by atoms with Crippen LogP contribution in [0.4, 0.5) is 0 Å². The van der Waals surface area contributed by atoms with Crippen molar-refractivity contribution in [3.8, 4) is 22.4 Å². The van der Waals surface area contributed by atoms with Gasteiger partial charge in [0.15, 0.2) is 6.20 Å². The molecule has 3 aromatic carbocycles. The number of pyridine rings is 1. The number of aryl methyl sites for hydroxylation is 4. The second kappa shape index (κ2) is 8.25. The highest BCUT2D eigenvalue weighted by Gasteiger charge is 2.37. The molecule has 0 radical (unpaired) electrons. The van der Waals surface area contributed by atoms with Crippen LogP contribution >= 0.6 is 0 Å². The van der Waals surface area contributed by atoms with Crippen molar-refractivity contribution >= 4 is 24.0 Å². The van der Waals surface area contributed by atoms with Crippen LogP contribution in [0.25, 0.3) is 33.2 Å². The number of aromatic nitrogens is 1. The van der Waals surface area contributed by atoms with Crippen molar-refractivity contribution in [2.75, 3.05) is 0 Å². The minimum Gasteiger partial charge on any atom is -0.200 e. The van der Waals surface area contributed by atoms with Gasteiger partial charge in [-0.2, -0.15) is 0 Å². The predicted molar refractivity (Wildman–Crippen MR) is 147 cm³/mol. The minimum absolute atomic E-state index is 0.322. The summed E-state index contributed by atoms with van der Waals surface area (Å²) in [5.74, 6) is 0. The van der Waals surface area contributed by atoms with Crippen molar-refractivity contribution in [1.29, 1.82) is 0 Å². The van der Waals surface area contributed by atoms with E-state index in [9.17, 15) is 0 Å². The molecule has 0 fully saturated rings. The molecule has 0 aliphatic heterocycles. The Morgan fingerprint density at radius 1 is 0.758 bits per heavy atom. The van der Waals surface area contributed by atoms with E-state index < -0.39 is 8.07 Å². The fourth-order valence-corrected chi connectivity index (χ4v) is 6.77. The van der Waals surface area contributed by atoms with Crippen molar-refractivity contribution in [3.63, 3.8) is 0 Å². The summed E-state index contributed by atoms with van der Waals surface area (Å²) in [6.45, 7) is 18.8. The van der Waals surface area contributed by atoms with E-state index >= 15 is 0 Å². The summed E-state index contributed by atoms with van der Waals surface area (Å²) in [5, 5.41) is 4.52. The van der Waals surface area contributed by atoms with Gasteiger partial charge in [0.25, 0.3) is 0 Å². The van der Waals surface area contributed by atoms with Crippen LogP contribution in [-0.2, 0) is 7.05 Å². The molecule has 170 valence electrons. The van der Waals surface area contributed by atoms with Gasteiger partial charge in [0.2, 0.25) is 5.69 Å². The summed E-state index contributed by atoms with van der Waals surface area (Å²) in [5.41, 5.74) is 9.22. The maximum absolute atomic E-state index is 2.49. The molecule has 0 spiro atoms. The summed E-state index contributed by atoms with van der Waals surface area (Å²) in [4.78, 5) is 0. The summed E-state index contributed by atoms with van der Waals surface area (Å²) in [6.07, 6.45) is 2.21. The zero-order chi connectivity index (χ0) is 24.1. The average Bonchev–Trinajstić information content (AvgIpc) is 2.73. The van der Waals surface area contributed by atoms with E-state index in [1.807, 2.05) is 0 Å². The Morgan fingerprint density at radius 3 is 2.03 bits per heavy atom. The largest absolute Gasteiger partial charge is 0.220 e. The van der Waals surface area contributed by atoms with Crippen LogP contribution in [0.2, 0.25) is 18.1 Å². The van der Waals surface area contributed by atoms with Crippen LogP contribution in [0.3, 0.4) is 0 Å². The second-order valence-electron chi connectivity index (χ2n) is 11.2. The van der Waals surface area contributed by atoms with Crippen molar-refractivity contribution in [2.45, 2.75) is 59.7 Å². The van der Waals surface area contributed by atoms with Gasteiger partial charge >= 0.3 is 0 Å². The van der Waals surface area contributed by atoms with Gasteiger partial charge in [0, 0.05) is 11.6 Å². The fourth-order valence-electron chi connectivity index (χ4n) is 4.88. The SMILES string of the molecule is Cc1cc(-c2c(C)cccc2C)ccc1-c1c2ccc([Si](C)(C)C(C)(C)C)cc2cc[n+]1C. The van der Waals surface area contributed by atoms with Gasteiger partial charge in [-0.15, -0.1) is 0 Å². The third-order valence-corrected chi connectivity index (χ3v) is 13.5. The van der Waals surface area contributed by atoms with Crippen LogP contribution in [0.5, 0.6) is 0 Å². The van der Waals surface area contributed by atoms with E-state index in [1.165, 1.54) is 55.0 Å². The molecule has 1 heterocycles. The van der Waals surface area contributed by atoms with E-state index in [4.69, 9.17) is 0 Å². The lowest BCUT2D eigenvalue weighted by Crippen LogP contribution is -2.49. The predicted octanol–water partition coefficient (Wildman–Crippen LogP) is 7.64. The molecule has 1 nitrogen and oxygen atoms in total. The highest BCUT2D eigenvalue weighted by Crippen LogP contribution is 2.37. The van der Waals surface area contributed by atoms with Gasteiger partial charge in [-0.1, -0.05) is 81.5 Å². The maximum Gasteiger partial charge on any atom is 0.220 e. The third-order valence-electron chi connectivity index (χ3n) is 7.99. The number of benzene rings is 3. The summed E-state index contributed by atoms with van der Waals surface area (Å²) >= 11 is 0. The quantitative estimate of drug-likeness (QED) is 0.222. The number of hydrogen-bond acceptors (Lipinski definition) is 0. The van der Waals surface area contributed by atoms with Crippen molar-refractivity contribution < 1.29 is 4.57 Å². The lowest BCUT2D eigenvalue weighted by atomic mass is 9.92. The molecule has 4 aromatic rings. The number of hydrogen-bond donors (Lipinski definition) is 0. The Hall–Kier alpha value is -2.71. The zero-order valence-corrected chi connectivity index (χ0v) is 22.8. The Kier molecular flexibility index (Phi) is 5.86. The first-order chi connectivity index (χ1) is 15.4. The van der Waals surface area contributed by atoms with E-state index in [-0.39, 0.29) is 0 Å².